The quantitative estimate of drug-likeness (QED) is 0.668. The molecule has 0 aromatic carbocycles. The highest BCUT2D eigenvalue weighted by Crippen LogP contribution is 2.20. The normalized spacial score (nSPS) is 11.3. The molecule has 1 heterocycles. The molecule has 1 aromatic heterocycles. The summed E-state index contributed by atoms with van der Waals surface area (Å²) in [5, 5.41) is 7.89. The first kappa shape index (κ1) is 17.0. The van der Waals surface area contributed by atoms with Gasteiger partial charge in [-0.15, -0.1) is 0 Å². The summed E-state index contributed by atoms with van der Waals surface area (Å²) in [6.45, 7) is 8.54. The third-order valence-electron chi connectivity index (χ3n) is 3.67. The second kappa shape index (κ2) is 9.01. The number of hydrogen-bond donors (Lipinski definition) is 1. The fourth-order valence-electron chi connectivity index (χ4n) is 2.51. The summed E-state index contributed by atoms with van der Waals surface area (Å²) in [4.78, 5) is 0. The van der Waals surface area contributed by atoms with Crippen molar-refractivity contribution in [1.29, 1.82) is 0 Å². The van der Waals surface area contributed by atoms with E-state index in [4.69, 9.17) is 4.74 Å². The van der Waals surface area contributed by atoms with Crippen molar-refractivity contribution >= 4 is 0 Å². The van der Waals surface area contributed by atoms with Crippen molar-refractivity contribution in [3.8, 4) is 5.88 Å². The lowest BCUT2D eigenvalue weighted by Gasteiger charge is -2.07. The van der Waals surface area contributed by atoms with Crippen molar-refractivity contribution in [2.24, 2.45) is 13.0 Å². The Kier molecular flexibility index (Phi) is 7.67. The molecule has 4 heteroatoms. The van der Waals surface area contributed by atoms with E-state index in [-0.39, 0.29) is 0 Å². The van der Waals surface area contributed by atoms with E-state index in [1.54, 1.807) is 11.8 Å². The molecule has 4 nitrogen and oxygen atoms in total. The number of aryl methyl sites for hydroxylation is 2. The van der Waals surface area contributed by atoms with Crippen LogP contribution in [-0.4, -0.2) is 23.4 Å². The zero-order valence-corrected chi connectivity index (χ0v) is 13.8. The molecule has 0 unspecified atom stereocenters. The van der Waals surface area contributed by atoms with Crippen LogP contribution >= 0.6 is 0 Å². The monoisotopic (exact) mass is 281 g/mol. The largest absolute Gasteiger partial charge is 0.481 e. The van der Waals surface area contributed by atoms with Gasteiger partial charge in [-0.3, -0.25) is 0 Å². The Morgan fingerprint density at radius 3 is 2.55 bits per heavy atom. The van der Waals surface area contributed by atoms with Crippen LogP contribution < -0.4 is 10.1 Å². The van der Waals surface area contributed by atoms with E-state index in [1.165, 1.54) is 37.7 Å². The minimum absolute atomic E-state index is 0.842. The summed E-state index contributed by atoms with van der Waals surface area (Å²) >= 11 is 0. The Bertz CT molecular complexity index is 385. The molecule has 1 rings (SSSR count). The molecule has 1 aromatic rings. The van der Waals surface area contributed by atoms with Gasteiger partial charge in [0.25, 0.3) is 0 Å². The average Bonchev–Trinajstić information content (AvgIpc) is 2.66. The van der Waals surface area contributed by atoms with E-state index in [0.717, 1.165) is 30.6 Å². The number of unbranched alkanes of at least 4 members (excludes halogenated alkanes) is 3. The Morgan fingerprint density at radius 2 is 1.90 bits per heavy atom. The minimum Gasteiger partial charge on any atom is -0.481 e. The molecule has 0 aliphatic carbocycles. The SMILES string of the molecule is COc1c(CNCCCCCCC(C)C)c(C)nn1C. The van der Waals surface area contributed by atoms with Gasteiger partial charge in [-0.05, 0) is 25.8 Å². The predicted molar refractivity (Wildman–Crippen MR) is 84.1 cm³/mol. The number of rotatable bonds is 10. The van der Waals surface area contributed by atoms with Crippen LogP contribution in [0.5, 0.6) is 5.88 Å². The van der Waals surface area contributed by atoms with Crippen LogP contribution in [0, 0.1) is 12.8 Å². The molecule has 0 saturated heterocycles. The molecule has 0 aliphatic rings. The van der Waals surface area contributed by atoms with Gasteiger partial charge >= 0.3 is 0 Å². The molecule has 0 bridgehead atoms. The predicted octanol–water partition coefficient (Wildman–Crippen LogP) is 3.43. The molecule has 20 heavy (non-hydrogen) atoms. The lowest BCUT2D eigenvalue weighted by molar-refractivity contribution is 0.368. The van der Waals surface area contributed by atoms with Crippen molar-refractivity contribution in [3.63, 3.8) is 0 Å². The summed E-state index contributed by atoms with van der Waals surface area (Å²) in [7, 11) is 3.62. The highest BCUT2D eigenvalue weighted by Gasteiger charge is 2.12. The fraction of sp³-hybridized carbons (Fsp3) is 0.812. The second-order valence-electron chi connectivity index (χ2n) is 5.97. The van der Waals surface area contributed by atoms with Crippen LogP contribution in [-0.2, 0) is 13.6 Å². The third-order valence-corrected chi connectivity index (χ3v) is 3.67. The Labute approximate surface area is 123 Å². The summed E-state index contributed by atoms with van der Waals surface area (Å²) in [6.07, 6.45) is 6.66. The number of hydrogen-bond acceptors (Lipinski definition) is 3. The topological polar surface area (TPSA) is 39.1 Å². The van der Waals surface area contributed by atoms with E-state index in [1.807, 2.05) is 14.0 Å². The molecule has 0 spiro atoms. The number of methoxy groups -OCH3 is 1. The number of nitrogens with zero attached hydrogens (tertiary/aromatic N) is 2. The van der Waals surface area contributed by atoms with E-state index in [0.29, 0.717) is 0 Å². The van der Waals surface area contributed by atoms with Crippen LogP contribution in [0.2, 0.25) is 0 Å². The van der Waals surface area contributed by atoms with Gasteiger partial charge in [0.05, 0.1) is 18.4 Å². The maximum atomic E-state index is 5.39. The summed E-state index contributed by atoms with van der Waals surface area (Å²) in [5.74, 6) is 1.71. The molecular formula is C16H31N3O. The molecule has 0 amide bonds. The van der Waals surface area contributed by atoms with Gasteiger partial charge in [0.2, 0.25) is 5.88 Å². The Morgan fingerprint density at radius 1 is 1.20 bits per heavy atom. The minimum atomic E-state index is 0.842. The molecule has 0 fully saturated rings. The molecule has 0 aliphatic heterocycles. The van der Waals surface area contributed by atoms with Crippen molar-refractivity contribution in [3.05, 3.63) is 11.3 Å². The first-order chi connectivity index (χ1) is 9.56. The Hall–Kier alpha value is -1.03. The summed E-state index contributed by atoms with van der Waals surface area (Å²) < 4.78 is 7.19. The molecular weight excluding hydrogens is 250 g/mol. The standard InChI is InChI=1S/C16H31N3O/c1-13(2)10-8-6-7-9-11-17-12-15-14(3)18-19(4)16(15)20-5/h13,17H,6-12H2,1-5H3. The van der Waals surface area contributed by atoms with Crippen LogP contribution in [0.1, 0.15) is 57.2 Å². The van der Waals surface area contributed by atoms with Gasteiger partial charge in [-0.2, -0.15) is 5.10 Å². The van der Waals surface area contributed by atoms with E-state index in [9.17, 15) is 0 Å². The van der Waals surface area contributed by atoms with Gasteiger partial charge in [-0.1, -0.05) is 39.5 Å². The smallest absolute Gasteiger partial charge is 0.216 e. The number of nitrogens with one attached hydrogen (secondary N) is 1. The maximum Gasteiger partial charge on any atom is 0.216 e. The highest BCUT2D eigenvalue weighted by molar-refractivity contribution is 5.30. The molecule has 0 radical (unpaired) electrons. The van der Waals surface area contributed by atoms with Crippen LogP contribution in [0.3, 0.4) is 0 Å². The first-order valence-corrected chi connectivity index (χ1v) is 7.83. The maximum absolute atomic E-state index is 5.39. The molecule has 0 atom stereocenters. The zero-order chi connectivity index (χ0) is 15.0. The molecule has 0 saturated carbocycles. The van der Waals surface area contributed by atoms with Crippen molar-refractivity contribution in [1.82, 2.24) is 15.1 Å². The second-order valence-corrected chi connectivity index (χ2v) is 5.97. The number of ether oxygens (including phenoxy) is 1. The van der Waals surface area contributed by atoms with Crippen molar-refractivity contribution in [2.45, 2.75) is 59.4 Å². The van der Waals surface area contributed by atoms with Crippen molar-refractivity contribution < 1.29 is 4.74 Å². The Balaban J connectivity index is 2.15. The highest BCUT2D eigenvalue weighted by atomic mass is 16.5. The lowest BCUT2D eigenvalue weighted by atomic mass is 10.0. The molecule has 116 valence electrons. The van der Waals surface area contributed by atoms with Gasteiger partial charge in [0, 0.05) is 13.6 Å². The van der Waals surface area contributed by atoms with Crippen LogP contribution in [0.15, 0.2) is 0 Å². The van der Waals surface area contributed by atoms with Gasteiger partial charge in [0.15, 0.2) is 0 Å². The first-order valence-electron chi connectivity index (χ1n) is 7.83. The van der Waals surface area contributed by atoms with Crippen LogP contribution in [0.25, 0.3) is 0 Å². The van der Waals surface area contributed by atoms with Crippen molar-refractivity contribution in [2.75, 3.05) is 13.7 Å². The van der Waals surface area contributed by atoms with Gasteiger partial charge in [0.1, 0.15) is 0 Å². The average molecular weight is 281 g/mol. The van der Waals surface area contributed by atoms with E-state index >= 15 is 0 Å². The third kappa shape index (κ3) is 5.53. The van der Waals surface area contributed by atoms with E-state index in [2.05, 4.69) is 24.3 Å². The summed E-state index contributed by atoms with van der Waals surface area (Å²) in [6, 6.07) is 0. The summed E-state index contributed by atoms with van der Waals surface area (Å²) in [5.41, 5.74) is 2.23. The number of aromatic nitrogens is 2. The molecule has 1 N–H and O–H groups in total. The van der Waals surface area contributed by atoms with E-state index < -0.39 is 0 Å². The lowest BCUT2D eigenvalue weighted by Crippen LogP contribution is -2.15. The fourth-order valence-corrected chi connectivity index (χ4v) is 2.51. The van der Waals surface area contributed by atoms with Gasteiger partial charge < -0.3 is 10.1 Å². The van der Waals surface area contributed by atoms with Gasteiger partial charge in [-0.25, -0.2) is 4.68 Å². The van der Waals surface area contributed by atoms with Crippen LogP contribution in [0.4, 0.5) is 0 Å². The zero-order valence-electron chi connectivity index (χ0n) is 13.8.